The first-order chi connectivity index (χ1) is 10.6. The lowest BCUT2D eigenvalue weighted by atomic mass is 10.2. The average molecular weight is 320 g/mol. The van der Waals surface area contributed by atoms with Gasteiger partial charge in [-0.25, -0.2) is 9.78 Å². The van der Waals surface area contributed by atoms with Crippen LogP contribution in [-0.4, -0.2) is 35.4 Å². The van der Waals surface area contributed by atoms with Crippen LogP contribution in [0.4, 0.5) is 4.79 Å². The van der Waals surface area contributed by atoms with E-state index in [4.69, 9.17) is 5.73 Å². The quantitative estimate of drug-likeness (QED) is 0.766. The molecule has 7 heteroatoms. The first-order valence-corrected chi connectivity index (χ1v) is 7.99. The summed E-state index contributed by atoms with van der Waals surface area (Å²) < 4.78 is 1.14. The Hall–Kier alpha value is -2.15. The van der Waals surface area contributed by atoms with Gasteiger partial charge in [0.05, 0.1) is 16.8 Å². The number of para-hydroxylation sites is 1. The van der Waals surface area contributed by atoms with E-state index < -0.39 is 6.03 Å². The summed E-state index contributed by atoms with van der Waals surface area (Å²) in [7, 11) is 1.79. The number of primary amides is 1. The number of rotatable bonds is 7. The van der Waals surface area contributed by atoms with E-state index in [0.717, 1.165) is 28.1 Å². The highest BCUT2D eigenvalue weighted by Crippen LogP contribution is 2.22. The Bertz CT molecular complexity index is 623. The minimum atomic E-state index is -0.528. The van der Waals surface area contributed by atoms with Crippen molar-refractivity contribution >= 4 is 33.5 Å². The van der Waals surface area contributed by atoms with Crippen LogP contribution in [0.3, 0.4) is 0 Å². The maximum atomic E-state index is 12.1. The van der Waals surface area contributed by atoms with Gasteiger partial charge in [-0.2, -0.15) is 0 Å². The maximum absolute atomic E-state index is 12.1. The van der Waals surface area contributed by atoms with Crippen molar-refractivity contribution in [1.82, 2.24) is 15.2 Å². The second kappa shape index (κ2) is 7.74. The number of nitrogens with two attached hydrogens (primary N) is 1. The number of carbonyl (C=O) groups excluding carboxylic acids is 2. The second-order valence-electron chi connectivity index (χ2n) is 5.07. The SMILES string of the molecule is CN(Cc1nc2ccccc2s1)C(=O)CCCCNC(N)=O. The van der Waals surface area contributed by atoms with E-state index >= 15 is 0 Å². The van der Waals surface area contributed by atoms with Gasteiger partial charge >= 0.3 is 6.03 Å². The molecule has 0 radical (unpaired) electrons. The number of urea groups is 1. The van der Waals surface area contributed by atoms with E-state index in [1.807, 2.05) is 24.3 Å². The number of carbonyl (C=O) groups is 2. The first-order valence-electron chi connectivity index (χ1n) is 7.18. The van der Waals surface area contributed by atoms with Crippen molar-refractivity contribution < 1.29 is 9.59 Å². The fourth-order valence-electron chi connectivity index (χ4n) is 2.08. The van der Waals surface area contributed by atoms with Gasteiger partial charge in [-0.05, 0) is 25.0 Å². The molecule has 6 nitrogen and oxygen atoms in total. The van der Waals surface area contributed by atoms with E-state index in [-0.39, 0.29) is 5.91 Å². The van der Waals surface area contributed by atoms with Crippen molar-refractivity contribution in [1.29, 1.82) is 0 Å². The molecule has 2 aromatic rings. The Kier molecular flexibility index (Phi) is 5.71. The lowest BCUT2D eigenvalue weighted by Gasteiger charge is -2.15. The van der Waals surface area contributed by atoms with Gasteiger partial charge in [-0.15, -0.1) is 11.3 Å². The lowest BCUT2D eigenvalue weighted by molar-refractivity contribution is -0.130. The normalized spacial score (nSPS) is 10.6. The molecule has 0 saturated carbocycles. The van der Waals surface area contributed by atoms with Crippen LogP contribution in [0.15, 0.2) is 24.3 Å². The van der Waals surface area contributed by atoms with Crippen molar-refractivity contribution in [2.75, 3.05) is 13.6 Å². The van der Waals surface area contributed by atoms with Crippen molar-refractivity contribution in [2.24, 2.45) is 5.73 Å². The van der Waals surface area contributed by atoms with Gasteiger partial charge in [0.2, 0.25) is 5.91 Å². The molecule has 3 amide bonds. The van der Waals surface area contributed by atoms with Gasteiger partial charge in [-0.1, -0.05) is 12.1 Å². The van der Waals surface area contributed by atoms with E-state index in [9.17, 15) is 9.59 Å². The molecule has 1 aromatic heterocycles. The summed E-state index contributed by atoms with van der Waals surface area (Å²) in [4.78, 5) is 28.8. The summed E-state index contributed by atoms with van der Waals surface area (Å²) in [5.74, 6) is 0.0818. The number of amides is 3. The Morgan fingerprint density at radius 1 is 1.32 bits per heavy atom. The van der Waals surface area contributed by atoms with Crippen LogP contribution in [0.1, 0.15) is 24.3 Å². The van der Waals surface area contributed by atoms with E-state index in [1.165, 1.54) is 0 Å². The van der Waals surface area contributed by atoms with Crippen molar-refractivity contribution in [2.45, 2.75) is 25.8 Å². The second-order valence-corrected chi connectivity index (χ2v) is 6.19. The van der Waals surface area contributed by atoms with Gasteiger partial charge < -0.3 is 16.0 Å². The highest BCUT2D eigenvalue weighted by Gasteiger charge is 2.11. The zero-order chi connectivity index (χ0) is 15.9. The number of fused-ring (bicyclic) bond motifs is 1. The van der Waals surface area contributed by atoms with Crippen LogP contribution in [0.5, 0.6) is 0 Å². The standard InChI is InChI=1S/C15H20N4O2S/c1-19(14(20)8-4-5-9-17-15(16)21)10-13-18-11-6-2-3-7-12(11)22-13/h2-3,6-7H,4-5,8-10H2,1H3,(H3,16,17,21). The first kappa shape index (κ1) is 16.2. The molecule has 0 bridgehead atoms. The molecule has 0 fully saturated rings. The smallest absolute Gasteiger partial charge is 0.312 e. The van der Waals surface area contributed by atoms with Crippen LogP contribution in [0, 0.1) is 0 Å². The highest BCUT2D eigenvalue weighted by atomic mass is 32.1. The molecule has 3 N–H and O–H groups in total. The molecule has 2 rings (SSSR count). The summed E-state index contributed by atoms with van der Waals surface area (Å²) in [5.41, 5.74) is 5.94. The van der Waals surface area contributed by atoms with E-state index in [0.29, 0.717) is 19.5 Å². The van der Waals surface area contributed by atoms with Gasteiger partial charge in [0, 0.05) is 20.0 Å². The van der Waals surface area contributed by atoms with E-state index in [2.05, 4.69) is 10.3 Å². The number of aromatic nitrogens is 1. The monoisotopic (exact) mass is 320 g/mol. The number of nitrogens with zero attached hydrogens (tertiary/aromatic N) is 2. The fourth-order valence-corrected chi connectivity index (χ4v) is 3.10. The highest BCUT2D eigenvalue weighted by molar-refractivity contribution is 7.18. The maximum Gasteiger partial charge on any atom is 0.312 e. The summed E-state index contributed by atoms with van der Waals surface area (Å²) in [6.45, 7) is 1.03. The van der Waals surface area contributed by atoms with Crippen molar-refractivity contribution in [3.63, 3.8) is 0 Å². The number of hydrogen-bond donors (Lipinski definition) is 2. The number of thiazole rings is 1. The molecule has 0 atom stereocenters. The zero-order valence-corrected chi connectivity index (χ0v) is 13.4. The van der Waals surface area contributed by atoms with Crippen LogP contribution >= 0.6 is 11.3 Å². The van der Waals surface area contributed by atoms with Gasteiger partial charge in [0.15, 0.2) is 0 Å². The largest absolute Gasteiger partial charge is 0.352 e. The topological polar surface area (TPSA) is 88.3 Å². The summed E-state index contributed by atoms with van der Waals surface area (Å²) in [6, 6.07) is 7.42. The number of benzene rings is 1. The third kappa shape index (κ3) is 4.70. The van der Waals surface area contributed by atoms with Crippen LogP contribution in [0.25, 0.3) is 10.2 Å². The third-order valence-corrected chi connectivity index (χ3v) is 4.27. The average Bonchev–Trinajstić information content (AvgIpc) is 2.88. The molecular weight excluding hydrogens is 300 g/mol. The molecule has 0 unspecified atom stereocenters. The number of unbranched alkanes of at least 4 members (excludes halogenated alkanes) is 1. The molecule has 1 aromatic carbocycles. The minimum Gasteiger partial charge on any atom is -0.352 e. The Morgan fingerprint density at radius 2 is 2.09 bits per heavy atom. The van der Waals surface area contributed by atoms with E-state index in [1.54, 1.807) is 23.3 Å². The Labute approximate surface area is 133 Å². The zero-order valence-electron chi connectivity index (χ0n) is 12.5. The van der Waals surface area contributed by atoms with Crippen molar-refractivity contribution in [3.8, 4) is 0 Å². The number of hydrogen-bond acceptors (Lipinski definition) is 4. The summed E-state index contributed by atoms with van der Waals surface area (Å²) >= 11 is 1.61. The lowest BCUT2D eigenvalue weighted by Crippen LogP contribution is -2.30. The Balaban J connectivity index is 1.77. The number of nitrogens with one attached hydrogen (secondary N) is 1. The molecular formula is C15H20N4O2S. The molecule has 0 spiro atoms. The molecule has 118 valence electrons. The summed E-state index contributed by atoms with van der Waals surface area (Å²) in [6.07, 6.45) is 1.93. The molecule has 0 aliphatic heterocycles. The minimum absolute atomic E-state index is 0.0818. The Morgan fingerprint density at radius 3 is 2.82 bits per heavy atom. The predicted molar refractivity (Wildman–Crippen MR) is 87.5 cm³/mol. The molecule has 0 aliphatic rings. The van der Waals surface area contributed by atoms with Crippen LogP contribution < -0.4 is 11.1 Å². The fraction of sp³-hybridized carbons (Fsp3) is 0.400. The molecule has 1 heterocycles. The van der Waals surface area contributed by atoms with Crippen LogP contribution in [0.2, 0.25) is 0 Å². The van der Waals surface area contributed by atoms with Crippen LogP contribution in [-0.2, 0) is 11.3 Å². The summed E-state index contributed by atoms with van der Waals surface area (Å²) in [5, 5.41) is 3.45. The molecule has 0 aliphatic carbocycles. The third-order valence-electron chi connectivity index (χ3n) is 3.25. The van der Waals surface area contributed by atoms with Crippen molar-refractivity contribution in [3.05, 3.63) is 29.3 Å². The predicted octanol–water partition coefficient (Wildman–Crippen LogP) is 2.09. The van der Waals surface area contributed by atoms with Gasteiger partial charge in [0.1, 0.15) is 5.01 Å². The molecule has 0 saturated heterocycles. The van der Waals surface area contributed by atoms with Gasteiger partial charge in [0.25, 0.3) is 0 Å². The molecule has 22 heavy (non-hydrogen) atoms. The van der Waals surface area contributed by atoms with Gasteiger partial charge in [-0.3, -0.25) is 4.79 Å².